The molecule has 0 spiro atoms. The number of hydrogen-bond donors (Lipinski definition) is 0. The summed E-state index contributed by atoms with van der Waals surface area (Å²) in [6.45, 7) is 1.43. The molecule has 1 aromatic carbocycles. The van der Waals surface area contributed by atoms with Gasteiger partial charge in [0.25, 0.3) is 0 Å². The molecule has 1 aliphatic carbocycles. The van der Waals surface area contributed by atoms with Crippen molar-refractivity contribution in [3.8, 4) is 0 Å². The van der Waals surface area contributed by atoms with Gasteiger partial charge in [-0.2, -0.15) is 0 Å². The van der Waals surface area contributed by atoms with Crippen LogP contribution in [0.4, 0.5) is 0 Å². The third-order valence-corrected chi connectivity index (χ3v) is 7.09. The minimum absolute atomic E-state index is 0.160. The van der Waals surface area contributed by atoms with E-state index in [9.17, 15) is 13.2 Å². The molecule has 5 heteroatoms. The number of benzene rings is 1. The lowest BCUT2D eigenvalue weighted by molar-refractivity contribution is -0.136. The highest BCUT2D eigenvalue weighted by Gasteiger charge is 2.31. The molecular formula is C18H25NO3S. The molecule has 1 aromatic rings. The Bertz CT molecular complexity index is 627. The van der Waals surface area contributed by atoms with Crippen LogP contribution in [-0.2, 0) is 14.6 Å². The summed E-state index contributed by atoms with van der Waals surface area (Å²) in [5.41, 5.74) is 0. The maximum Gasteiger partial charge on any atom is 0.225 e. The number of likely N-dealkylation sites (tertiary alicyclic amines) is 1. The van der Waals surface area contributed by atoms with Gasteiger partial charge in [0.1, 0.15) is 0 Å². The van der Waals surface area contributed by atoms with Gasteiger partial charge in [-0.25, -0.2) is 8.42 Å². The van der Waals surface area contributed by atoms with Crippen LogP contribution in [-0.4, -0.2) is 38.1 Å². The number of carbonyl (C=O) groups is 1. The first-order valence-corrected chi connectivity index (χ1v) is 10.3. The summed E-state index contributed by atoms with van der Waals surface area (Å²) in [7, 11) is -3.22. The molecule has 3 rings (SSSR count). The number of piperidine rings is 1. The summed E-state index contributed by atoms with van der Waals surface area (Å²) in [5.74, 6) is 0.877. The average Bonchev–Trinajstić information content (AvgIpc) is 3.10. The monoisotopic (exact) mass is 335 g/mol. The van der Waals surface area contributed by atoms with Gasteiger partial charge in [0, 0.05) is 19.0 Å². The van der Waals surface area contributed by atoms with Crippen molar-refractivity contribution in [3.63, 3.8) is 0 Å². The van der Waals surface area contributed by atoms with Crippen LogP contribution in [0.2, 0.25) is 0 Å². The van der Waals surface area contributed by atoms with E-state index in [4.69, 9.17) is 0 Å². The van der Waals surface area contributed by atoms with Crippen molar-refractivity contribution < 1.29 is 13.2 Å². The molecule has 0 bridgehead atoms. The van der Waals surface area contributed by atoms with E-state index >= 15 is 0 Å². The molecule has 0 N–H and O–H groups in total. The molecule has 1 saturated heterocycles. The molecular weight excluding hydrogens is 310 g/mol. The first-order valence-electron chi connectivity index (χ1n) is 8.63. The van der Waals surface area contributed by atoms with Gasteiger partial charge >= 0.3 is 0 Å². The van der Waals surface area contributed by atoms with Gasteiger partial charge in [-0.1, -0.05) is 31.0 Å². The molecule has 2 fully saturated rings. The quantitative estimate of drug-likeness (QED) is 0.850. The number of nitrogens with zero attached hydrogens (tertiary/aromatic N) is 1. The first kappa shape index (κ1) is 16.5. The summed E-state index contributed by atoms with van der Waals surface area (Å²) in [5, 5.41) is 0. The van der Waals surface area contributed by atoms with Gasteiger partial charge in [0.2, 0.25) is 5.91 Å². The van der Waals surface area contributed by atoms with Crippen molar-refractivity contribution >= 4 is 15.7 Å². The molecule has 23 heavy (non-hydrogen) atoms. The molecule has 0 radical (unpaired) electrons. The lowest BCUT2D eigenvalue weighted by atomic mass is 9.97. The van der Waals surface area contributed by atoms with Gasteiger partial charge in [-0.05, 0) is 43.7 Å². The Morgan fingerprint density at radius 1 is 1.00 bits per heavy atom. The summed E-state index contributed by atoms with van der Waals surface area (Å²) < 4.78 is 24.9. The van der Waals surface area contributed by atoms with Gasteiger partial charge in [0.15, 0.2) is 9.84 Å². The van der Waals surface area contributed by atoms with Crippen molar-refractivity contribution in [2.75, 3.05) is 18.8 Å². The summed E-state index contributed by atoms with van der Waals surface area (Å²) in [6, 6.07) is 8.67. The zero-order chi connectivity index (χ0) is 16.3. The predicted molar refractivity (Wildman–Crippen MR) is 89.8 cm³/mol. The number of rotatable bonds is 4. The molecule has 1 aliphatic heterocycles. The van der Waals surface area contributed by atoms with E-state index < -0.39 is 9.84 Å². The maximum atomic E-state index is 12.4. The van der Waals surface area contributed by atoms with Crippen molar-refractivity contribution in [2.45, 2.75) is 43.4 Å². The van der Waals surface area contributed by atoms with Gasteiger partial charge in [0.05, 0.1) is 10.6 Å². The smallest absolute Gasteiger partial charge is 0.225 e. The average molecular weight is 335 g/mol. The summed E-state index contributed by atoms with van der Waals surface area (Å²) in [4.78, 5) is 14.8. The standard InChI is InChI=1S/C18H25NO3S/c20-18(16-6-4-5-7-16)19-12-10-15(11-13-19)14-23(21,22)17-8-2-1-3-9-17/h1-3,8-9,15-16H,4-7,10-14H2. The fourth-order valence-corrected chi connectivity index (χ4v) is 5.50. The summed E-state index contributed by atoms with van der Waals surface area (Å²) in [6.07, 6.45) is 5.99. The Hall–Kier alpha value is -1.36. The van der Waals surface area contributed by atoms with E-state index in [0.29, 0.717) is 23.9 Å². The van der Waals surface area contributed by atoms with E-state index in [-0.39, 0.29) is 17.6 Å². The molecule has 0 atom stereocenters. The number of hydrogen-bond acceptors (Lipinski definition) is 3. The van der Waals surface area contributed by atoms with Crippen LogP contribution in [0.15, 0.2) is 35.2 Å². The van der Waals surface area contributed by atoms with Crippen molar-refractivity contribution in [3.05, 3.63) is 30.3 Å². The largest absolute Gasteiger partial charge is 0.342 e. The van der Waals surface area contributed by atoms with Crippen LogP contribution < -0.4 is 0 Å². The Morgan fingerprint density at radius 3 is 2.22 bits per heavy atom. The highest BCUT2D eigenvalue weighted by atomic mass is 32.2. The predicted octanol–water partition coefficient (Wildman–Crippen LogP) is 2.89. The lowest BCUT2D eigenvalue weighted by Gasteiger charge is -2.33. The minimum Gasteiger partial charge on any atom is -0.342 e. The lowest BCUT2D eigenvalue weighted by Crippen LogP contribution is -2.42. The van der Waals surface area contributed by atoms with Crippen LogP contribution in [0.5, 0.6) is 0 Å². The van der Waals surface area contributed by atoms with Crippen LogP contribution in [0.25, 0.3) is 0 Å². The van der Waals surface area contributed by atoms with Crippen LogP contribution >= 0.6 is 0 Å². The fraction of sp³-hybridized carbons (Fsp3) is 0.611. The van der Waals surface area contributed by atoms with Crippen LogP contribution in [0.1, 0.15) is 38.5 Å². The van der Waals surface area contributed by atoms with E-state index in [2.05, 4.69) is 0 Å². The van der Waals surface area contributed by atoms with E-state index in [1.807, 2.05) is 11.0 Å². The molecule has 1 heterocycles. The van der Waals surface area contributed by atoms with Gasteiger partial charge < -0.3 is 4.90 Å². The SMILES string of the molecule is O=C(C1CCCC1)N1CCC(CS(=O)(=O)c2ccccc2)CC1. The number of amides is 1. The van der Waals surface area contributed by atoms with Crippen LogP contribution in [0.3, 0.4) is 0 Å². The maximum absolute atomic E-state index is 12.4. The Balaban J connectivity index is 1.54. The van der Waals surface area contributed by atoms with Crippen molar-refractivity contribution in [1.29, 1.82) is 0 Å². The van der Waals surface area contributed by atoms with E-state index in [1.54, 1.807) is 24.3 Å². The fourth-order valence-electron chi connectivity index (χ4n) is 3.79. The molecule has 2 aliphatic rings. The van der Waals surface area contributed by atoms with Crippen molar-refractivity contribution in [2.24, 2.45) is 11.8 Å². The Labute approximate surface area is 138 Å². The summed E-state index contributed by atoms with van der Waals surface area (Å²) >= 11 is 0. The second-order valence-electron chi connectivity index (χ2n) is 6.84. The highest BCUT2D eigenvalue weighted by molar-refractivity contribution is 7.91. The zero-order valence-electron chi connectivity index (χ0n) is 13.5. The van der Waals surface area contributed by atoms with Crippen LogP contribution in [0, 0.1) is 11.8 Å². The molecule has 126 valence electrons. The second kappa shape index (κ2) is 7.04. The number of sulfone groups is 1. The topological polar surface area (TPSA) is 54.5 Å². The Kier molecular flexibility index (Phi) is 5.05. The molecule has 1 amide bonds. The molecule has 0 aromatic heterocycles. The molecule has 1 saturated carbocycles. The normalized spacial score (nSPS) is 20.8. The minimum atomic E-state index is -3.22. The van der Waals surface area contributed by atoms with Gasteiger partial charge in [-0.15, -0.1) is 0 Å². The molecule has 0 unspecified atom stereocenters. The first-order chi connectivity index (χ1) is 11.1. The second-order valence-corrected chi connectivity index (χ2v) is 8.88. The Morgan fingerprint density at radius 2 is 1.61 bits per heavy atom. The number of carbonyl (C=O) groups excluding carboxylic acids is 1. The van der Waals surface area contributed by atoms with Gasteiger partial charge in [-0.3, -0.25) is 4.79 Å². The third-order valence-electron chi connectivity index (χ3n) is 5.19. The third kappa shape index (κ3) is 3.94. The highest BCUT2D eigenvalue weighted by Crippen LogP contribution is 2.29. The van der Waals surface area contributed by atoms with E-state index in [1.165, 1.54) is 12.8 Å². The zero-order valence-corrected chi connectivity index (χ0v) is 14.3. The van der Waals surface area contributed by atoms with Crippen molar-refractivity contribution in [1.82, 2.24) is 4.90 Å². The molecule has 4 nitrogen and oxygen atoms in total. The van der Waals surface area contributed by atoms with E-state index in [0.717, 1.165) is 25.7 Å².